The summed E-state index contributed by atoms with van der Waals surface area (Å²) in [5, 5.41) is 2.80. The average molecular weight is 491 g/mol. The number of halogens is 2. The zero-order valence-corrected chi connectivity index (χ0v) is 21.8. The SMILES string of the molecule is CC(C)C(=O)[C@H](NC(=O)c1cccc([C@@]2(F)CCCN(C(=O)C(C)(C)C)C2)c1F)C1CCCCC1. The molecule has 0 spiro atoms. The van der Waals surface area contributed by atoms with Gasteiger partial charge in [-0.05, 0) is 37.7 Å². The maximum Gasteiger partial charge on any atom is 0.254 e. The van der Waals surface area contributed by atoms with E-state index in [9.17, 15) is 14.4 Å². The van der Waals surface area contributed by atoms with Crippen LogP contribution in [-0.2, 0) is 15.3 Å². The Morgan fingerprint density at radius 2 is 1.74 bits per heavy atom. The molecule has 2 atom stereocenters. The lowest BCUT2D eigenvalue weighted by molar-refractivity contribution is -0.144. The van der Waals surface area contributed by atoms with Gasteiger partial charge in [0.05, 0.1) is 18.2 Å². The highest BCUT2D eigenvalue weighted by Gasteiger charge is 2.43. The van der Waals surface area contributed by atoms with E-state index in [2.05, 4.69) is 5.32 Å². The summed E-state index contributed by atoms with van der Waals surface area (Å²) in [6.45, 7) is 9.09. The van der Waals surface area contributed by atoms with Gasteiger partial charge in [0.2, 0.25) is 5.91 Å². The Labute approximate surface area is 208 Å². The van der Waals surface area contributed by atoms with Crippen LogP contribution >= 0.6 is 0 Å². The van der Waals surface area contributed by atoms with Crippen molar-refractivity contribution < 1.29 is 23.2 Å². The number of rotatable bonds is 6. The second kappa shape index (κ2) is 10.8. The zero-order valence-electron chi connectivity index (χ0n) is 21.8. The molecule has 0 unspecified atom stereocenters. The molecule has 0 aromatic heterocycles. The fourth-order valence-electron chi connectivity index (χ4n) is 5.40. The number of carbonyl (C=O) groups is 3. The lowest BCUT2D eigenvalue weighted by atomic mass is 9.80. The van der Waals surface area contributed by atoms with Crippen LogP contribution in [0.3, 0.4) is 0 Å². The Kier molecular flexibility index (Phi) is 8.38. The summed E-state index contributed by atoms with van der Waals surface area (Å²) in [5.74, 6) is -2.10. The first-order valence-electron chi connectivity index (χ1n) is 13.0. The van der Waals surface area contributed by atoms with Gasteiger partial charge in [0.1, 0.15) is 5.82 Å². The first kappa shape index (κ1) is 27.3. The molecule has 1 saturated heterocycles. The van der Waals surface area contributed by atoms with Crippen LogP contribution in [0.15, 0.2) is 18.2 Å². The van der Waals surface area contributed by atoms with Crippen molar-refractivity contribution in [2.45, 2.75) is 91.3 Å². The fourth-order valence-corrected chi connectivity index (χ4v) is 5.40. The third-order valence-electron chi connectivity index (χ3n) is 7.38. The summed E-state index contributed by atoms with van der Waals surface area (Å²) in [5.41, 5.74) is -3.23. The van der Waals surface area contributed by atoms with Gasteiger partial charge < -0.3 is 10.2 Å². The molecule has 0 bridgehead atoms. The van der Waals surface area contributed by atoms with E-state index in [0.717, 1.165) is 32.1 Å². The summed E-state index contributed by atoms with van der Waals surface area (Å²) >= 11 is 0. The van der Waals surface area contributed by atoms with Crippen LogP contribution in [0.4, 0.5) is 8.78 Å². The van der Waals surface area contributed by atoms with Crippen molar-refractivity contribution in [3.05, 3.63) is 35.1 Å². The Balaban J connectivity index is 1.86. The molecule has 1 aromatic rings. The maximum absolute atomic E-state index is 16.2. The van der Waals surface area contributed by atoms with E-state index in [1.165, 1.54) is 23.1 Å². The van der Waals surface area contributed by atoms with Gasteiger partial charge in [-0.3, -0.25) is 14.4 Å². The number of carbonyl (C=O) groups excluding carboxylic acids is 3. The molecule has 1 aromatic carbocycles. The number of amides is 2. The standard InChI is InChI=1S/C28H40F2N2O3/c1-18(2)24(33)23(19-11-7-6-8-12-19)31-25(34)20-13-9-14-21(22(20)29)28(30)15-10-16-32(17-28)26(35)27(3,4)5/h9,13-14,18-19,23H,6-8,10-12,15-17H2,1-5H3,(H,31,34)/t23-,28-/m1/s1. The van der Waals surface area contributed by atoms with E-state index < -0.39 is 28.8 Å². The number of nitrogens with zero attached hydrogens (tertiary/aromatic N) is 1. The van der Waals surface area contributed by atoms with Crippen LogP contribution in [0, 0.1) is 23.1 Å². The van der Waals surface area contributed by atoms with Crippen LogP contribution in [0.5, 0.6) is 0 Å². The topological polar surface area (TPSA) is 66.5 Å². The Bertz CT molecular complexity index is 950. The first-order valence-corrected chi connectivity index (χ1v) is 13.0. The molecule has 3 rings (SSSR count). The van der Waals surface area contributed by atoms with Crippen molar-refractivity contribution >= 4 is 17.6 Å². The summed E-state index contributed by atoms with van der Waals surface area (Å²) < 4.78 is 31.9. The summed E-state index contributed by atoms with van der Waals surface area (Å²) in [7, 11) is 0. The van der Waals surface area contributed by atoms with E-state index in [1.807, 2.05) is 0 Å². The number of benzene rings is 1. The number of hydrogen-bond donors (Lipinski definition) is 1. The molecule has 5 nitrogen and oxygen atoms in total. The van der Waals surface area contributed by atoms with Crippen molar-refractivity contribution in [2.75, 3.05) is 13.1 Å². The first-order chi connectivity index (χ1) is 16.3. The van der Waals surface area contributed by atoms with Crippen LogP contribution in [-0.4, -0.2) is 41.6 Å². The number of piperidine rings is 1. The van der Waals surface area contributed by atoms with Crippen molar-refractivity contribution in [2.24, 2.45) is 17.3 Å². The molecule has 35 heavy (non-hydrogen) atoms. The molecular weight excluding hydrogens is 450 g/mol. The zero-order chi connectivity index (χ0) is 26.0. The summed E-state index contributed by atoms with van der Waals surface area (Å²) in [6, 6.07) is 3.48. The van der Waals surface area contributed by atoms with Crippen molar-refractivity contribution in [3.8, 4) is 0 Å². The van der Waals surface area contributed by atoms with E-state index in [1.54, 1.807) is 34.6 Å². The number of alkyl halides is 1. The van der Waals surface area contributed by atoms with Gasteiger partial charge in [-0.2, -0.15) is 0 Å². The monoisotopic (exact) mass is 490 g/mol. The Hall–Kier alpha value is -2.31. The molecule has 1 heterocycles. The van der Waals surface area contributed by atoms with E-state index in [0.29, 0.717) is 13.0 Å². The minimum absolute atomic E-state index is 0.0247. The molecule has 194 valence electrons. The fraction of sp³-hybridized carbons (Fsp3) is 0.679. The van der Waals surface area contributed by atoms with E-state index in [4.69, 9.17) is 0 Å². The van der Waals surface area contributed by atoms with Gasteiger partial charge in [0, 0.05) is 23.4 Å². The molecule has 1 N–H and O–H groups in total. The summed E-state index contributed by atoms with van der Waals surface area (Å²) in [4.78, 5) is 40.3. The van der Waals surface area contributed by atoms with Gasteiger partial charge >= 0.3 is 0 Å². The number of hydrogen-bond acceptors (Lipinski definition) is 3. The second-order valence-electron chi connectivity index (χ2n) is 11.6. The molecule has 0 radical (unpaired) electrons. The van der Waals surface area contributed by atoms with Crippen LogP contribution < -0.4 is 5.32 Å². The quantitative estimate of drug-likeness (QED) is 0.568. The molecule has 2 amide bonds. The maximum atomic E-state index is 16.2. The highest BCUT2D eigenvalue weighted by molar-refractivity contribution is 5.98. The third-order valence-corrected chi connectivity index (χ3v) is 7.38. The van der Waals surface area contributed by atoms with Crippen molar-refractivity contribution in [1.82, 2.24) is 10.2 Å². The lowest BCUT2D eigenvalue weighted by Crippen LogP contribution is -2.50. The van der Waals surface area contributed by atoms with Crippen LogP contribution in [0.2, 0.25) is 0 Å². The van der Waals surface area contributed by atoms with Crippen LogP contribution in [0.25, 0.3) is 0 Å². The molecule has 1 aliphatic heterocycles. The van der Waals surface area contributed by atoms with Gasteiger partial charge in [-0.1, -0.05) is 66.0 Å². The summed E-state index contributed by atoms with van der Waals surface area (Å²) in [6.07, 6.45) is 5.27. The molecule has 1 saturated carbocycles. The van der Waals surface area contributed by atoms with Gasteiger partial charge in [0.25, 0.3) is 5.91 Å². The molecule has 1 aliphatic carbocycles. The second-order valence-corrected chi connectivity index (χ2v) is 11.6. The minimum Gasteiger partial charge on any atom is -0.342 e. The normalized spacial score (nSPS) is 22.7. The predicted molar refractivity (Wildman–Crippen MR) is 132 cm³/mol. The number of likely N-dealkylation sites (tertiary alicyclic amines) is 1. The molecule has 2 aliphatic rings. The number of Topliss-reactive ketones (excluding diaryl/α,β-unsaturated/α-hetero) is 1. The molecular formula is C28H40F2N2O3. The average Bonchev–Trinajstić information content (AvgIpc) is 2.81. The van der Waals surface area contributed by atoms with Crippen LogP contribution in [0.1, 0.15) is 95.5 Å². The van der Waals surface area contributed by atoms with E-state index in [-0.39, 0.29) is 47.6 Å². The smallest absolute Gasteiger partial charge is 0.254 e. The Morgan fingerprint density at radius 3 is 2.34 bits per heavy atom. The van der Waals surface area contributed by atoms with E-state index >= 15 is 8.78 Å². The lowest BCUT2D eigenvalue weighted by Gasteiger charge is -2.40. The minimum atomic E-state index is -2.09. The number of ketones is 1. The highest BCUT2D eigenvalue weighted by atomic mass is 19.1. The van der Waals surface area contributed by atoms with Gasteiger partial charge in [0.15, 0.2) is 11.5 Å². The van der Waals surface area contributed by atoms with Gasteiger partial charge in [-0.15, -0.1) is 0 Å². The largest absolute Gasteiger partial charge is 0.342 e. The van der Waals surface area contributed by atoms with Crippen molar-refractivity contribution in [3.63, 3.8) is 0 Å². The third kappa shape index (κ3) is 6.10. The number of nitrogens with one attached hydrogen (secondary N) is 1. The highest BCUT2D eigenvalue weighted by Crippen LogP contribution is 2.39. The Morgan fingerprint density at radius 1 is 1.09 bits per heavy atom. The molecule has 2 fully saturated rings. The van der Waals surface area contributed by atoms with Gasteiger partial charge in [-0.25, -0.2) is 8.78 Å². The predicted octanol–water partition coefficient (Wildman–Crippen LogP) is 5.56. The molecule has 7 heteroatoms. The van der Waals surface area contributed by atoms with Crippen molar-refractivity contribution in [1.29, 1.82) is 0 Å².